The second-order valence-electron chi connectivity index (χ2n) is 4.09. The topological polar surface area (TPSA) is 93.7 Å². The van der Waals surface area contributed by atoms with Crippen LogP contribution >= 0.6 is 0 Å². The van der Waals surface area contributed by atoms with Crippen LogP contribution in [0.1, 0.15) is 11.4 Å². The van der Waals surface area contributed by atoms with E-state index in [2.05, 4.69) is 4.98 Å². The van der Waals surface area contributed by atoms with Crippen LogP contribution < -0.4 is 5.49 Å². The predicted octanol–water partition coefficient (Wildman–Crippen LogP) is 1.05. The van der Waals surface area contributed by atoms with Crippen LogP contribution in [0.25, 0.3) is 16.7 Å². The summed E-state index contributed by atoms with van der Waals surface area (Å²) in [6, 6.07) is 11.3. The molecule has 0 unspecified atom stereocenters. The smallest absolute Gasteiger partial charge is 0.184 e. The number of imidazole rings is 1. The van der Waals surface area contributed by atoms with Gasteiger partial charge in [-0.1, -0.05) is 12.1 Å². The molecule has 0 atom stereocenters. The quantitative estimate of drug-likeness (QED) is 0.644. The Morgan fingerprint density at radius 2 is 1.74 bits per heavy atom. The normalized spacial score (nSPS) is 10.5. The molecule has 1 N–H and O–H groups in total. The van der Waals surface area contributed by atoms with E-state index in [1.807, 2.05) is 43.5 Å². The molecule has 90 valence electrons. The molecule has 0 spiro atoms. The van der Waals surface area contributed by atoms with E-state index >= 15 is 0 Å². The summed E-state index contributed by atoms with van der Waals surface area (Å²) >= 11 is 0. The van der Waals surface area contributed by atoms with Crippen molar-refractivity contribution in [3.8, 4) is 12.1 Å². The summed E-state index contributed by atoms with van der Waals surface area (Å²) in [5.74, 6) is 0. The molecule has 0 fully saturated rings. The second kappa shape index (κ2) is 3.69. The molecular weight excluding hydrogens is 240 g/mol. The van der Waals surface area contributed by atoms with E-state index < -0.39 is 0 Å². The summed E-state index contributed by atoms with van der Waals surface area (Å²) in [6.45, 7) is 0. The largest absolute Gasteiger partial charge is 0.326 e. The fraction of sp³-hybridized carbons (Fsp3) is 0.0769. The molecule has 2 heterocycles. The molecule has 0 aliphatic carbocycles. The number of benzene rings is 1. The van der Waals surface area contributed by atoms with E-state index in [1.165, 1.54) is 0 Å². The van der Waals surface area contributed by atoms with Gasteiger partial charge in [-0.05, 0) is 12.1 Å². The number of fused-ring (bicyclic) bond motifs is 3. The molecule has 0 aliphatic heterocycles. The number of hydrogen-bond donors (Lipinski definition) is 1. The average molecular weight is 248 g/mol. The molecule has 3 aromatic rings. The molecule has 6 heteroatoms. The van der Waals surface area contributed by atoms with Gasteiger partial charge in [-0.25, -0.2) is 4.98 Å². The molecule has 6 nitrogen and oxygen atoms in total. The maximum Gasteiger partial charge on any atom is 0.184 e. The number of nitriles is 2. The standard InChI is InChI=1S/C13H8N6/c1-18-10-4-2-3-5-11(10)19-12(16)8(6-14)17-9(7-15)13(18)19/h2-5,16H,1H3. The Bertz CT molecular complexity index is 961. The molecule has 0 saturated carbocycles. The van der Waals surface area contributed by atoms with Gasteiger partial charge in [0.15, 0.2) is 22.5 Å². The number of para-hydroxylation sites is 2. The van der Waals surface area contributed by atoms with Crippen molar-refractivity contribution in [1.29, 1.82) is 15.9 Å². The second-order valence-corrected chi connectivity index (χ2v) is 4.09. The van der Waals surface area contributed by atoms with Gasteiger partial charge in [-0.2, -0.15) is 10.5 Å². The number of aromatic nitrogens is 3. The molecule has 3 rings (SSSR count). The number of nitrogens with one attached hydrogen (secondary N) is 1. The molecular formula is C13H8N6. The number of rotatable bonds is 0. The van der Waals surface area contributed by atoms with Crippen molar-refractivity contribution in [1.82, 2.24) is 14.0 Å². The minimum Gasteiger partial charge on any atom is -0.326 e. The van der Waals surface area contributed by atoms with Gasteiger partial charge >= 0.3 is 0 Å². The first-order chi connectivity index (χ1) is 9.19. The van der Waals surface area contributed by atoms with Gasteiger partial charge in [0.25, 0.3) is 0 Å². The van der Waals surface area contributed by atoms with Crippen LogP contribution in [0.3, 0.4) is 0 Å². The van der Waals surface area contributed by atoms with Crippen LogP contribution in [0.15, 0.2) is 24.3 Å². The lowest BCUT2D eigenvalue weighted by Gasteiger charge is -2.01. The molecule has 0 saturated heterocycles. The van der Waals surface area contributed by atoms with Crippen LogP contribution in [-0.2, 0) is 7.05 Å². The van der Waals surface area contributed by atoms with Gasteiger partial charge in [-0.15, -0.1) is 0 Å². The predicted molar refractivity (Wildman–Crippen MR) is 67.0 cm³/mol. The molecule has 19 heavy (non-hydrogen) atoms. The number of nitrogens with zero attached hydrogens (tertiary/aromatic N) is 5. The van der Waals surface area contributed by atoms with Crippen LogP contribution in [0, 0.1) is 28.1 Å². The van der Waals surface area contributed by atoms with Gasteiger partial charge in [0.05, 0.1) is 11.0 Å². The molecule has 0 radical (unpaired) electrons. The molecule has 1 aromatic carbocycles. The summed E-state index contributed by atoms with van der Waals surface area (Å²) in [6.07, 6.45) is 0. The fourth-order valence-electron chi connectivity index (χ4n) is 2.28. The Kier molecular flexibility index (Phi) is 2.13. The van der Waals surface area contributed by atoms with Crippen molar-refractivity contribution >= 4 is 16.7 Å². The lowest BCUT2D eigenvalue weighted by atomic mass is 10.3. The minimum atomic E-state index is -0.0506. The monoisotopic (exact) mass is 248 g/mol. The highest BCUT2D eigenvalue weighted by molar-refractivity contribution is 5.82. The zero-order chi connectivity index (χ0) is 13.6. The fourth-order valence-corrected chi connectivity index (χ4v) is 2.28. The maximum absolute atomic E-state index is 9.19. The van der Waals surface area contributed by atoms with Crippen molar-refractivity contribution in [2.75, 3.05) is 0 Å². The summed E-state index contributed by atoms with van der Waals surface area (Å²) in [4.78, 5) is 3.94. The van der Waals surface area contributed by atoms with Gasteiger partial charge < -0.3 is 4.57 Å². The zero-order valence-corrected chi connectivity index (χ0v) is 10.0. The first kappa shape index (κ1) is 11.0. The molecule has 0 aliphatic rings. The lowest BCUT2D eigenvalue weighted by molar-refractivity contribution is 0.917. The van der Waals surface area contributed by atoms with Crippen LogP contribution in [0.2, 0.25) is 0 Å². The summed E-state index contributed by atoms with van der Waals surface area (Å²) in [5.41, 5.74) is 2.27. The van der Waals surface area contributed by atoms with E-state index in [0.717, 1.165) is 11.0 Å². The first-order valence-corrected chi connectivity index (χ1v) is 5.54. The summed E-state index contributed by atoms with van der Waals surface area (Å²) < 4.78 is 3.39. The Labute approximate surface area is 107 Å². The zero-order valence-electron chi connectivity index (χ0n) is 10.0. The third-order valence-corrected chi connectivity index (χ3v) is 3.11. The number of aryl methyl sites for hydroxylation is 1. The summed E-state index contributed by atoms with van der Waals surface area (Å²) in [5, 5.41) is 26.3. The Balaban J connectivity index is 2.77. The van der Waals surface area contributed by atoms with Crippen molar-refractivity contribution < 1.29 is 0 Å². The minimum absolute atomic E-state index is 0.00620. The van der Waals surface area contributed by atoms with Crippen LogP contribution in [-0.4, -0.2) is 14.0 Å². The SMILES string of the molecule is Cn1c2ccccc2n2c(=N)c(C#N)nc(C#N)c12. The Morgan fingerprint density at radius 3 is 2.37 bits per heavy atom. The van der Waals surface area contributed by atoms with Crippen LogP contribution in [0.4, 0.5) is 0 Å². The maximum atomic E-state index is 9.19. The van der Waals surface area contributed by atoms with E-state index in [9.17, 15) is 5.26 Å². The third kappa shape index (κ3) is 1.28. The first-order valence-electron chi connectivity index (χ1n) is 5.54. The highest BCUT2D eigenvalue weighted by atomic mass is 15.1. The average Bonchev–Trinajstić information content (AvgIpc) is 2.75. The van der Waals surface area contributed by atoms with Crippen molar-refractivity contribution in [3.05, 3.63) is 41.1 Å². The van der Waals surface area contributed by atoms with Gasteiger partial charge in [0.1, 0.15) is 12.1 Å². The van der Waals surface area contributed by atoms with Gasteiger partial charge in [-0.3, -0.25) is 9.81 Å². The van der Waals surface area contributed by atoms with E-state index in [1.54, 1.807) is 8.97 Å². The van der Waals surface area contributed by atoms with Crippen molar-refractivity contribution in [2.45, 2.75) is 0 Å². The summed E-state index contributed by atoms with van der Waals surface area (Å²) in [7, 11) is 1.81. The molecule has 0 bridgehead atoms. The lowest BCUT2D eigenvalue weighted by Crippen LogP contribution is -2.20. The molecule has 0 amide bonds. The van der Waals surface area contributed by atoms with E-state index in [0.29, 0.717) is 5.65 Å². The highest BCUT2D eigenvalue weighted by Gasteiger charge is 2.15. The van der Waals surface area contributed by atoms with Crippen molar-refractivity contribution in [3.63, 3.8) is 0 Å². The van der Waals surface area contributed by atoms with Crippen molar-refractivity contribution in [2.24, 2.45) is 7.05 Å². The Morgan fingerprint density at radius 1 is 1.11 bits per heavy atom. The van der Waals surface area contributed by atoms with Crippen LogP contribution in [0.5, 0.6) is 0 Å². The molecule has 2 aromatic heterocycles. The van der Waals surface area contributed by atoms with E-state index in [-0.39, 0.29) is 16.9 Å². The van der Waals surface area contributed by atoms with E-state index in [4.69, 9.17) is 10.7 Å². The Hall–Kier alpha value is -3.12. The van der Waals surface area contributed by atoms with Gasteiger partial charge in [0, 0.05) is 7.05 Å². The van der Waals surface area contributed by atoms with Gasteiger partial charge in [0.2, 0.25) is 0 Å². The highest BCUT2D eigenvalue weighted by Crippen LogP contribution is 2.19. The number of hydrogen-bond acceptors (Lipinski definition) is 4. The third-order valence-electron chi connectivity index (χ3n) is 3.11.